The molecule has 1 aromatic heterocycles. The third-order valence-corrected chi connectivity index (χ3v) is 3.38. The van der Waals surface area contributed by atoms with Gasteiger partial charge in [-0.1, -0.05) is 30.3 Å². The zero-order valence-electron chi connectivity index (χ0n) is 14.0. The lowest BCUT2D eigenvalue weighted by molar-refractivity contribution is -0.145. The summed E-state index contributed by atoms with van der Waals surface area (Å²) < 4.78 is 14.7. The lowest BCUT2D eigenvalue weighted by atomic mass is 10.1. The molecular weight excluding hydrogens is 326 g/mol. The van der Waals surface area contributed by atoms with Gasteiger partial charge in [-0.05, 0) is 24.6 Å². The van der Waals surface area contributed by atoms with Gasteiger partial charge in [0, 0.05) is 6.42 Å². The van der Waals surface area contributed by atoms with Gasteiger partial charge in [-0.3, -0.25) is 4.79 Å². The number of esters is 2. The van der Waals surface area contributed by atoms with E-state index >= 15 is 0 Å². The van der Waals surface area contributed by atoms with Gasteiger partial charge in [-0.25, -0.2) is 9.59 Å². The third kappa shape index (κ3) is 5.49. The number of methoxy groups -OCH3 is 1. The van der Waals surface area contributed by atoms with Gasteiger partial charge in [-0.2, -0.15) is 0 Å². The highest BCUT2D eigenvalue weighted by molar-refractivity contribution is 5.90. The van der Waals surface area contributed by atoms with Crippen LogP contribution in [-0.2, 0) is 25.5 Å². The molecule has 1 aromatic carbocycles. The number of amides is 1. The minimum Gasteiger partial charge on any atom is -0.467 e. The van der Waals surface area contributed by atoms with Crippen LogP contribution >= 0.6 is 0 Å². The predicted octanol–water partition coefficient (Wildman–Crippen LogP) is 1.65. The Morgan fingerprint density at radius 3 is 2.44 bits per heavy atom. The van der Waals surface area contributed by atoms with E-state index in [1.165, 1.54) is 13.2 Å². The van der Waals surface area contributed by atoms with E-state index in [2.05, 4.69) is 5.32 Å². The number of hydrogen-bond acceptors (Lipinski definition) is 6. The molecule has 0 fully saturated rings. The quantitative estimate of drug-likeness (QED) is 0.767. The molecule has 0 radical (unpaired) electrons. The van der Waals surface area contributed by atoms with E-state index in [9.17, 15) is 14.4 Å². The summed E-state index contributed by atoms with van der Waals surface area (Å²) in [6, 6.07) is 11.4. The molecule has 7 nitrogen and oxygen atoms in total. The van der Waals surface area contributed by atoms with Crippen LogP contribution in [0.1, 0.15) is 21.9 Å². The Hall–Kier alpha value is -3.09. The highest BCUT2D eigenvalue weighted by Gasteiger charge is 2.23. The lowest BCUT2D eigenvalue weighted by Gasteiger charge is -2.16. The summed E-state index contributed by atoms with van der Waals surface area (Å²) in [7, 11) is 1.24. The van der Waals surface area contributed by atoms with Crippen LogP contribution < -0.4 is 5.32 Å². The summed E-state index contributed by atoms with van der Waals surface area (Å²) in [4.78, 5) is 35.6. The van der Waals surface area contributed by atoms with Crippen molar-refractivity contribution >= 4 is 17.8 Å². The molecule has 0 spiro atoms. The molecule has 1 amide bonds. The highest BCUT2D eigenvalue weighted by Crippen LogP contribution is 2.08. The van der Waals surface area contributed by atoms with Crippen molar-refractivity contribution in [1.82, 2.24) is 5.32 Å². The monoisotopic (exact) mass is 345 g/mol. The van der Waals surface area contributed by atoms with Crippen LogP contribution in [0.3, 0.4) is 0 Å². The Labute approximate surface area is 144 Å². The molecule has 1 unspecified atom stereocenters. The van der Waals surface area contributed by atoms with Crippen molar-refractivity contribution in [2.45, 2.75) is 19.4 Å². The van der Waals surface area contributed by atoms with Crippen LogP contribution in [0.4, 0.5) is 0 Å². The summed E-state index contributed by atoms with van der Waals surface area (Å²) >= 11 is 0. The summed E-state index contributed by atoms with van der Waals surface area (Å²) in [6.07, 6.45) is 0.268. The molecule has 0 aliphatic heterocycles. The fourth-order valence-corrected chi connectivity index (χ4v) is 2.17. The maximum Gasteiger partial charge on any atom is 0.374 e. The Bertz CT molecular complexity index is 737. The zero-order chi connectivity index (χ0) is 18.2. The predicted molar refractivity (Wildman–Crippen MR) is 87.8 cm³/mol. The second kappa shape index (κ2) is 8.68. The van der Waals surface area contributed by atoms with Crippen molar-refractivity contribution < 1.29 is 28.3 Å². The van der Waals surface area contributed by atoms with Crippen LogP contribution in [0.2, 0.25) is 0 Å². The normalized spacial score (nSPS) is 11.4. The van der Waals surface area contributed by atoms with Gasteiger partial charge in [-0.15, -0.1) is 0 Å². The van der Waals surface area contributed by atoms with E-state index < -0.39 is 30.5 Å². The largest absolute Gasteiger partial charge is 0.467 e. The molecule has 0 aliphatic carbocycles. The van der Waals surface area contributed by atoms with Gasteiger partial charge in [0.15, 0.2) is 6.61 Å². The number of furan rings is 1. The van der Waals surface area contributed by atoms with Gasteiger partial charge >= 0.3 is 11.9 Å². The van der Waals surface area contributed by atoms with Crippen LogP contribution in [0.15, 0.2) is 46.9 Å². The Balaban J connectivity index is 1.90. The first-order chi connectivity index (χ1) is 12.0. The Morgan fingerprint density at radius 2 is 1.84 bits per heavy atom. The first-order valence-corrected chi connectivity index (χ1v) is 7.64. The van der Waals surface area contributed by atoms with Crippen LogP contribution in [-0.4, -0.2) is 37.6 Å². The number of ether oxygens (including phenoxy) is 2. The minimum atomic E-state index is -0.871. The van der Waals surface area contributed by atoms with E-state index in [1.807, 2.05) is 30.3 Å². The fourth-order valence-electron chi connectivity index (χ4n) is 2.17. The van der Waals surface area contributed by atoms with Crippen LogP contribution in [0, 0.1) is 6.92 Å². The minimum absolute atomic E-state index is 0.0131. The molecule has 7 heteroatoms. The standard InChI is InChI=1S/C18H19NO6/c1-12-8-9-15(25-12)18(22)24-11-16(20)19-14(17(21)23-2)10-13-6-4-3-5-7-13/h3-9,14H,10-11H2,1-2H3,(H,19,20). The molecule has 0 bridgehead atoms. The number of carbonyl (C=O) groups is 3. The second-order valence-electron chi connectivity index (χ2n) is 5.32. The van der Waals surface area contributed by atoms with E-state index in [4.69, 9.17) is 13.9 Å². The summed E-state index contributed by atoms with van der Waals surface area (Å²) in [5.41, 5.74) is 0.862. The second-order valence-corrected chi connectivity index (χ2v) is 5.32. The summed E-state index contributed by atoms with van der Waals surface area (Å²) in [5, 5.41) is 2.51. The Kier molecular flexibility index (Phi) is 6.33. The van der Waals surface area contributed by atoms with E-state index in [0.29, 0.717) is 5.76 Å². The average Bonchev–Trinajstić information content (AvgIpc) is 3.06. The van der Waals surface area contributed by atoms with Crippen molar-refractivity contribution in [2.75, 3.05) is 13.7 Å². The zero-order valence-corrected chi connectivity index (χ0v) is 14.0. The van der Waals surface area contributed by atoms with E-state index in [-0.39, 0.29) is 12.2 Å². The van der Waals surface area contributed by atoms with Gasteiger partial charge in [0.1, 0.15) is 11.8 Å². The van der Waals surface area contributed by atoms with Crippen molar-refractivity contribution in [2.24, 2.45) is 0 Å². The van der Waals surface area contributed by atoms with Crippen molar-refractivity contribution in [3.63, 3.8) is 0 Å². The number of benzene rings is 1. The van der Waals surface area contributed by atoms with Crippen molar-refractivity contribution in [1.29, 1.82) is 0 Å². The molecule has 0 saturated carbocycles. The number of carbonyl (C=O) groups excluding carboxylic acids is 3. The van der Waals surface area contributed by atoms with Crippen molar-refractivity contribution in [3.05, 3.63) is 59.5 Å². The van der Waals surface area contributed by atoms with E-state index in [1.54, 1.807) is 13.0 Å². The molecule has 1 N–H and O–H groups in total. The maximum atomic E-state index is 12.0. The topological polar surface area (TPSA) is 94.8 Å². The van der Waals surface area contributed by atoms with E-state index in [0.717, 1.165) is 5.56 Å². The SMILES string of the molecule is COC(=O)C(Cc1ccccc1)NC(=O)COC(=O)c1ccc(C)o1. The maximum absolute atomic E-state index is 12.0. The Morgan fingerprint density at radius 1 is 1.12 bits per heavy atom. The van der Waals surface area contributed by atoms with Crippen LogP contribution in [0.5, 0.6) is 0 Å². The summed E-state index contributed by atoms with van der Waals surface area (Å²) in [5.74, 6) is -1.36. The van der Waals surface area contributed by atoms with Crippen molar-refractivity contribution in [3.8, 4) is 0 Å². The number of nitrogens with one attached hydrogen (secondary N) is 1. The highest BCUT2D eigenvalue weighted by atomic mass is 16.5. The van der Waals surface area contributed by atoms with Gasteiger partial charge in [0.2, 0.25) is 5.76 Å². The van der Waals surface area contributed by atoms with Gasteiger partial charge in [0.05, 0.1) is 7.11 Å². The molecule has 132 valence electrons. The molecule has 0 aliphatic rings. The third-order valence-electron chi connectivity index (χ3n) is 3.38. The molecule has 2 aromatic rings. The average molecular weight is 345 g/mol. The molecule has 1 atom stereocenters. The summed E-state index contributed by atoms with van der Waals surface area (Å²) in [6.45, 7) is 1.16. The van der Waals surface area contributed by atoms with Crippen LogP contribution in [0.25, 0.3) is 0 Å². The molecule has 1 heterocycles. The fraction of sp³-hybridized carbons (Fsp3) is 0.278. The van der Waals surface area contributed by atoms with Gasteiger partial charge < -0.3 is 19.2 Å². The first-order valence-electron chi connectivity index (χ1n) is 7.64. The van der Waals surface area contributed by atoms with Gasteiger partial charge in [0.25, 0.3) is 5.91 Å². The molecule has 25 heavy (non-hydrogen) atoms. The lowest BCUT2D eigenvalue weighted by Crippen LogP contribution is -2.44. The number of hydrogen-bond donors (Lipinski definition) is 1. The number of rotatable bonds is 7. The molecule has 0 saturated heterocycles. The molecule has 2 rings (SSSR count). The first kappa shape index (κ1) is 18.3. The number of aryl methyl sites for hydroxylation is 1. The smallest absolute Gasteiger partial charge is 0.374 e. The molecular formula is C18H19NO6.